The molecule has 2 heterocycles. The number of aryl methyl sites for hydroxylation is 1. The van der Waals surface area contributed by atoms with E-state index >= 15 is 0 Å². The fourth-order valence-corrected chi connectivity index (χ4v) is 1.64. The molecule has 6 heteroatoms. The van der Waals surface area contributed by atoms with Crippen molar-refractivity contribution in [3.05, 3.63) is 41.5 Å². The Bertz CT molecular complexity index is 479. The molecular weight excluding hydrogens is 238 g/mol. The van der Waals surface area contributed by atoms with E-state index in [2.05, 4.69) is 19.9 Å². The van der Waals surface area contributed by atoms with Crippen LogP contribution in [0.5, 0.6) is 0 Å². The van der Waals surface area contributed by atoms with Crippen LogP contribution >= 0.6 is 11.6 Å². The Morgan fingerprint density at radius 1 is 1.24 bits per heavy atom. The summed E-state index contributed by atoms with van der Waals surface area (Å²) in [6.45, 7) is 1.49. The van der Waals surface area contributed by atoms with E-state index in [1.165, 1.54) is 0 Å². The summed E-state index contributed by atoms with van der Waals surface area (Å²) in [6.07, 6.45) is 6.99. The Labute approximate surface area is 105 Å². The van der Waals surface area contributed by atoms with Crippen LogP contribution < -0.4 is 0 Å². The molecule has 0 radical (unpaired) electrons. The normalized spacial score (nSPS) is 11.1. The highest BCUT2D eigenvalue weighted by molar-refractivity contribution is 6.29. The van der Waals surface area contributed by atoms with Crippen molar-refractivity contribution in [2.24, 2.45) is 7.05 Å². The Morgan fingerprint density at radius 3 is 2.65 bits per heavy atom. The van der Waals surface area contributed by atoms with Gasteiger partial charge in [0.2, 0.25) is 0 Å². The molecular formula is C11H14ClN5. The average molecular weight is 252 g/mol. The van der Waals surface area contributed by atoms with E-state index in [-0.39, 0.29) is 0 Å². The van der Waals surface area contributed by atoms with Gasteiger partial charge in [-0.2, -0.15) is 0 Å². The smallest absolute Gasteiger partial charge is 0.147 e. The molecule has 0 saturated carbocycles. The fraction of sp³-hybridized carbons (Fsp3) is 0.364. The van der Waals surface area contributed by atoms with Gasteiger partial charge in [-0.15, -0.1) is 0 Å². The molecule has 5 nitrogen and oxygen atoms in total. The predicted molar refractivity (Wildman–Crippen MR) is 65.4 cm³/mol. The van der Waals surface area contributed by atoms with Gasteiger partial charge in [-0.1, -0.05) is 11.6 Å². The third kappa shape index (κ3) is 3.25. The van der Waals surface area contributed by atoms with Crippen molar-refractivity contribution in [2.75, 3.05) is 7.05 Å². The van der Waals surface area contributed by atoms with Crippen LogP contribution in [-0.2, 0) is 20.1 Å². The first-order chi connectivity index (χ1) is 8.15. The third-order valence-electron chi connectivity index (χ3n) is 2.44. The molecule has 0 amide bonds. The molecule has 2 aromatic heterocycles. The van der Waals surface area contributed by atoms with Gasteiger partial charge in [0, 0.05) is 26.0 Å². The second-order valence-electron chi connectivity index (χ2n) is 3.96. The molecule has 0 spiro atoms. The maximum absolute atomic E-state index is 5.68. The summed E-state index contributed by atoms with van der Waals surface area (Å²) < 4.78 is 2.00. The molecule has 0 aromatic carbocycles. The quantitative estimate of drug-likeness (QED) is 0.826. The topological polar surface area (TPSA) is 46.8 Å². The lowest BCUT2D eigenvalue weighted by Crippen LogP contribution is -2.20. The molecule has 0 fully saturated rings. The highest BCUT2D eigenvalue weighted by Crippen LogP contribution is 2.06. The van der Waals surface area contributed by atoms with Crippen LogP contribution in [0, 0.1) is 0 Å². The minimum absolute atomic E-state index is 0.417. The average Bonchev–Trinajstić information content (AvgIpc) is 2.68. The molecule has 2 rings (SSSR count). The standard InChI is InChI=1S/C11H14ClN5/c1-16(8-11-13-3-4-17(11)2)7-9-5-15-10(12)6-14-9/h3-6H,7-8H2,1-2H3. The number of rotatable bonds is 4. The molecule has 0 bridgehead atoms. The molecule has 2 aromatic rings. The number of nitrogens with zero attached hydrogens (tertiary/aromatic N) is 5. The SMILES string of the molecule is CN(Cc1cnc(Cl)cn1)Cc1nccn1C. The second kappa shape index (κ2) is 5.25. The molecule has 90 valence electrons. The van der Waals surface area contributed by atoms with Gasteiger partial charge in [-0.3, -0.25) is 9.88 Å². The van der Waals surface area contributed by atoms with Crippen molar-refractivity contribution in [3.63, 3.8) is 0 Å². The lowest BCUT2D eigenvalue weighted by Gasteiger charge is -2.15. The minimum atomic E-state index is 0.417. The summed E-state index contributed by atoms with van der Waals surface area (Å²) in [7, 11) is 4.00. The zero-order valence-corrected chi connectivity index (χ0v) is 10.6. The summed E-state index contributed by atoms with van der Waals surface area (Å²) in [5.74, 6) is 1.02. The number of aromatic nitrogens is 4. The van der Waals surface area contributed by atoms with E-state index in [1.54, 1.807) is 18.6 Å². The Hall–Kier alpha value is -1.46. The summed E-state index contributed by atoms with van der Waals surface area (Å²) >= 11 is 5.68. The van der Waals surface area contributed by atoms with E-state index in [0.717, 1.165) is 24.6 Å². The monoisotopic (exact) mass is 251 g/mol. The molecule has 0 N–H and O–H groups in total. The second-order valence-corrected chi connectivity index (χ2v) is 4.34. The third-order valence-corrected chi connectivity index (χ3v) is 2.63. The van der Waals surface area contributed by atoms with Crippen molar-refractivity contribution < 1.29 is 0 Å². The van der Waals surface area contributed by atoms with Crippen molar-refractivity contribution >= 4 is 11.6 Å². The van der Waals surface area contributed by atoms with Crippen molar-refractivity contribution in [1.82, 2.24) is 24.4 Å². The highest BCUT2D eigenvalue weighted by atomic mass is 35.5. The van der Waals surface area contributed by atoms with Gasteiger partial charge in [-0.05, 0) is 7.05 Å². The Balaban J connectivity index is 1.95. The van der Waals surface area contributed by atoms with Gasteiger partial charge in [-0.25, -0.2) is 9.97 Å². The van der Waals surface area contributed by atoms with Crippen LogP contribution in [-0.4, -0.2) is 31.5 Å². The van der Waals surface area contributed by atoms with E-state index in [9.17, 15) is 0 Å². The van der Waals surface area contributed by atoms with Crippen LogP contribution in [0.3, 0.4) is 0 Å². The predicted octanol–water partition coefficient (Wildman–Crippen LogP) is 1.50. The summed E-state index contributed by atoms with van der Waals surface area (Å²) in [6, 6.07) is 0. The van der Waals surface area contributed by atoms with Gasteiger partial charge in [0.25, 0.3) is 0 Å². The van der Waals surface area contributed by atoms with Crippen molar-refractivity contribution in [3.8, 4) is 0 Å². The number of hydrogen-bond acceptors (Lipinski definition) is 4. The molecule has 0 saturated heterocycles. The number of hydrogen-bond donors (Lipinski definition) is 0. The first-order valence-electron chi connectivity index (χ1n) is 5.26. The van der Waals surface area contributed by atoms with Crippen LogP contribution in [0.4, 0.5) is 0 Å². The minimum Gasteiger partial charge on any atom is -0.337 e. The maximum Gasteiger partial charge on any atom is 0.147 e. The molecule has 17 heavy (non-hydrogen) atoms. The van der Waals surface area contributed by atoms with E-state index in [1.807, 2.05) is 24.9 Å². The molecule has 0 atom stereocenters. The Morgan fingerprint density at radius 2 is 2.06 bits per heavy atom. The van der Waals surface area contributed by atoms with E-state index in [0.29, 0.717) is 5.15 Å². The van der Waals surface area contributed by atoms with Crippen LogP contribution in [0.15, 0.2) is 24.8 Å². The first kappa shape index (κ1) is 12.0. The zero-order chi connectivity index (χ0) is 12.3. The Kier molecular flexibility index (Phi) is 3.71. The van der Waals surface area contributed by atoms with Crippen LogP contribution in [0.1, 0.15) is 11.5 Å². The highest BCUT2D eigenvalue weighted by Gasteiger charge is 2.06. The van der Waals surface area contributed by atoms with Gasteiger partial charge in [0.15, 0.2) is 0 Å². The van der Waals surface area contributed by atoms with Gasteiger partial charge >= 0.3 is 0 Å². The maximum atomic E-state index is 5.68. The van der Waals surface area contributed by atoms with E-state index < -0.39 is 0 Å². The lowest BCUT2D eigenvalue weighted by molar-refractivity contribution is 0.303. The first-order valence-corrected chi connectivity index (χ1v) is 5.64. The zero-order valence-electron chi connectivity index (χ0n) is 9.84. The van der Waals surface area contributed by atoms with Gasteiger partial charge in [0.05, 0.1) is 24.6 Å². The molecule has 0 unspecified atom stereocenters. The summed E-state index contributed by atoms with van der Waals surface area (Å²) in [5, 5.41) is 0.417. The van der Waals surface area contributed by atoms with Gasteiger partial charge in [0.1, 0.15) is 11.0 Å². The summed E-state index contributed by atoms with van der Waals surface area (Å²) in [4.78, 5) is 14.6. The van der Waals surface area contributed by atoms with Gasteiger partial charge < -0.3 is 4.57 Å². The lowest BCUT2D eigenvalue weighted by atomic mass is 10.4. The largest absolute Gasteiger partial charge is 0.337 e. The summed E-state index contributed by atoms with van der Waals surface area (Å²) in [5.41, 5.74) is 0.895. The van der Waals surface area contributed by atoms with Crippen LogP contribution in [0.25, 0.3) is 0 Å². The molecule has 0 aliphatic heterocycles. The fourth-order valence-electron chi connectivity index (χ4n) is 1.54. The van der Waals surface area contributed by atoms with Crippen LogP contribution in [0.2, 0.25) is 5.15 Å². The number of imidazole rings is 1. The van der Waals surface area contributed by atoms with Crippen molar-refractivity contribution in [1.29, 1.82) is 0 Å². The number of halogens is 1. The molecule has 0 aliphatic carbocycles. The molecule has 0 aliphatic rings. The van der Waals surface area contributed by atoms with E-state index in [4.69, 9.17) is 11.6 Å². The van der Waals surface area contributed by atoms with Crippen molar-refractivity contribution in [2.45, 2.75) is 13.1 Å².